The van der Waals surface area contributed by atoms with E-state index in [1.807, 2.05) is 20.8 Å². The van der Waals surface area contributed by atoms with Crippen LogP contribution >= 0.6 is 23.5 Å². The molecular formula is C15H21NO4S2. The topological polar surface area (TPSA) is 66.8 Å². The highest BCUT2D eigenvalue weighted by Gasteiger charge is 2.58. The summed E-state index contributed by atoms with van der Waals surface area (Å²) in [6.45, 7) is 11.4. The van der Waals surface area contributed by atoms with Gasteiger partial charge in [-0.15, -0.1) is 11.8 Å². The van der Waals surface area contributed by atoms with Crippen molar-refractivity contribution in [1.82, 2.24) is 4.90 Å². The van der Waals surface area contributed by atoms with E-state index in [4.69, 9.17) is 4.74 Å². The van der Waals surface area contributed by atoms with Crippen LogP contribution in [0.5, 0.6) is 0 Å². The second-order valence-corrected chi connectivity index (χ2v) is 9.44. The molecule has 0 aromatic carbocycles. The van der Waals surface area contributed by atoms with Crippen LogP contribution in [-0.2, 0) is 14.3 Å². The zero-order valence-electron chi connectivity index (χ0n) is 13.2. The summed E-state index contributed by atoms with van der Waals surface area (Å²) < 4.78 is 5.80. The number of thioether (sulfide) groups is 2. The molecular weight excluding hydrogens is 322 g/mol. The molecule has 1 saturated heterocycles. The minimum atomic E-state index is -0.731. The molecule has 1 fully saturated rings. The zero-order chi connectivity index (χ0) is 16.7. The van der Waals surface area contributed by atoms with Gasteiger partial charge in [-0.3, -0.25) is 9.69 Å². The Morgan fingerprint density at radius 3 is 2.73 bits per heavy atom. The highest BCUT2D eigenvalue weighted by Crippen LogP contribution is 2.55. The van der Waals surface area contributed by atoms with Crippen LogP contribution in [0.3, 0.4) is 0 Å². The van der Waals surface area contributed by atoms with Gasteiger partial charge in [-0.1, -0.05) is 45.2 Å². The molecule has 2 heterocycles. The van der Waals surface area contributed by atoms with Crippen molar-refractivity contribution in [2.24, 2.45) is 5.92 Å². The fraction of sp³-hybridized carbons (Fsp3) is 0.600. The van der Waals surface area contributed by atoms with Gasteiger partial charge in [-0.25, -0.2) is 4.79 Å². The van der Waals surface area contributed by atoms with E-state index in [0.717, 1.165) is 4.24 Å². The van der Waals surface area contributed by atoms with Crippen molar-refractivity contribution in [3.05, 3.63) is 22.6 Å². The summed E-state index contributed by atoms with van der Waals surface area (Å²) in [6, 6.07) is 0. The fourth-order valence-electron chi connectivity index (χ4n) is 2.29. The molecule has 0 radical (unpaired) electrons. The molecule has 5 nitrogen and oxygen atoms in total. The molecule has 3 atom stereocenters. The Kier molecular flexibility index (Phi) is 4.99. The van der Waals surface area contributed by atoms with Crippen molar-refractivity contribution < 1.29 is 19.4 Å². The lowest BCUT2D eigenvalue weighted by Gasteiger charge is -2.43. The fourth-order valence-corrected chi connectivity index (χ4v) is 5.68. The summed E-state index contributed by atoms with van der Waals surface area (Å²) in [5.74, 6) is -1.20. The van der Waals surface area contributed by atoms with Crippen molar-refractivity contribution in [3.63, 3.8) is 0 Å². The lowest BCUT2D eigenvalue weighted by molar-refractivity contribution is -0.157. The number of aliphatic hydroxyl groups excluding tert-OH is 1. The Labute approximate surface area is 139 Å². The number of rotatable bonds is 5. The van der Waals surface area contributed by atoms with Crippen LogP contribution in [0.2, 0.25) is 0 Å². The highest BCUT2D eigenvalue weighted by molar-refractivity contribution is 8.23. The third-order valence-electron chi connectivity index (χ3n) is 3.19. The molecule has 7 heteroatoms. The molecule has 22 heavy (non-hydrogen) atoms. The molecule has 0 aromatic heterocycles. The Morgan fingerprint density at radius 1 is 1.59 bits per heavy atom. The Bertz CT molecular complexity index is 536. The van der Waals surface area contributed by atoms with E-state index < -0.39 is 18.0 Å². The average molecular weight is 343 g/mol. The largest absolute Gasteiger partial charge is 0.457 e. The van der Waals surface area contributed by atoms with E-state index in [0.29, 0.717) is 5.70 Å². The molecule has 0 spiro atoms. The van der Waals surface area contributed by atoms with Crippen LogP contribution in [0.1, 0.15) is 27.7 Å². The third kappa shape index (κ3) is 3.21. The van der Waals surface area contributed by atoms with E-state index >= 15 is 0 Å². The number of hydrogen-bond donors (Lipinski definition) is 1. The summed E-state index contributed by atoms with van der Waals surface area (Å²) in [5, 5.41) is 9.54. The van der Waals surface area contributed by atoms with E-state index in [1.165, 1.54) is 34.5 Å². The first-order valence-electron chi connectivity index (χ1n) is 7.06. The summed E-state index contributed by atoms with van der Waals surface area (Å²) in [6.07, 6.45) is 0.760. The van der Waals surface area contributed by atoms with E-state index in [-0.39, 0.29) is 22.6 Å². The standard InChI is InChI=1S/C15H21NO4S2/c1-6-7-20-13(19)10-14(22-15(3,4)5)21-12-9(8(2)17)11(18)16(10)12/h6,8-9,12,17H,1,7H2,2-5H3/t8-,9+,12-/m1/s1. The molecule has 122 valence electrons. The normalized spacial score (nSPS) is 25.7. The second kappa shape index (κ2) is 6.29. The van der Waals surface area contributed by atoms with Gasteiger partial charge >= 0.3 is 5.97 Å². The summed E-state index contributed by atoms with van der Waals surface area (Å²) >= 11 is 3.00. The maximum Gasteiger partial charge on any atom is 0.357 e. The molecule has 1 N–H and O–H groups in total. The first-order valence-corrected chi connectivity index (χ1v) is 8.76. The van der Waals surface area contributed by atoms with Gasteiger partial charge in [0, 0.05) is 4.75 Å². The second-order valence-electron chi connectivity index (χ2n) is 6.22. The van der Waals surface area contributed by atoms with Crippen molar-refractivity contribution in [3.8, 4) is 0 Å². The molecule has 2 rings (SSSR count). The Hall–Kier alpha value is -0.920. The molecule has 0 saturated carbocycles. The number of fused-ring (bicyclic) bond motifs is 1. The van der Waals surface area contributed by atoms with Crippen molar-refractivity contribution in [2.45, 2.75) is 43.9 Å². The van der Waals surface area contributed by atoms with Crippen LogP contribution in [0.4, 0.5) is 0 Å². The lowest BCUT2D eigenvalue weighted by Crippen LogP contribution is -2.60. The average Bonchev–Trinajstić information content (AvgIpc) is 2.67. The van der Waals surface area contributed by atoms with Crippen LogP contribution in [0.15, 0.2) is 22.6 Å². The minimum absolute atomic E-state index is 0.0967. The van der Waals surface area contributed by atoms with Crippen LogP contribution in [0, 0.1) is 5.92 Å². The number of aliphatic hydroxyl groups is 1. The van der Waals surface area contributed by atoms with Gasteiger partial charge in [0.2, 0.25) is 5.91 Å². The number of nitrogens with zero attached hydrogens (tertiary/aromatic N) is 1. The van der Waals surface area contributed by atoms with Gasteiger partial charge in [0.15, 0.2) is 5.70 Å². The number of hydrogen-bond acceptors (Lipinski definition) is 6. The van der Waals surface area contributed by atoms with Gasteiger partial charge < -0.3 is 9.84 Å². The number of ether oxygens (including phenoxy) is 1. The molecule has 2 aliphatic heterocycles. The molecule has 0 unspecified atom stereocenters. The van der Waals surface area contributed by atoms with Crippen molar-refractivity contribution in [2.75, 3.05) is 6.61 Å². The van der Waals surface area contributed by atoms with Gasteiger partial charge in [-0.05, 0) is 6.92 Å². The predicted molar refractivity (Wildman–Crippen MR) is 88.9 cm³/mol. The van der Waals surface area contributed by atoms with E-state index in [1.54, 1.807) is 6.92 Å². The molecule has 0 aliphatic carbocycles. The summed E-state index contributed by atoms with van der Waals surface area (Å²) in [7, 11) is 0. The number of amides is 1. The summed E-state index contributed by atoms with van der Waals surface area (Å²) in [5.41, 5.74) is 0.304. The van der Waals surface area contributed by atoms with Crippen LogP contribution in [-0.4, -0.2) is 44.7 Å². The first-order chi connectivity index (χ1) is 10.2. The number of carbonyl (C=O) groups excluding carboxylic acids is 2. The number of esters is 1. The Morgan fingerprint density at radius 2 is 2.23 bits per heavy atom. The zero-order valence-corrected chi connectivity index (χ0v) is 14.8. The smallest absolute Gasteiger partial charge is 0.357 e. The highest BCUT2D eigenvalue weighted by atomic mass is 32.2. The van der Waals surface area contributed by atoms with Crippen molar-refractivity contribution in [1.29, 1.82) is 0 Å². The van der Waals surface area contributed by atoms with Crippen LogP contribution < -0.4 is 0 Å². The lowest BCUT2D eigenvalue weighted by atomic mass is 9.92. The van der Waals surface area contributed by atoms with E-state index in [9.17, 15) is 14.7 Å². The quantitative estimate of drug-likeness (QED) is 0.469. The molecule has 0 bridgehead atoms. The maximum atomic E-state index is 12.3. The molecule has 0 aromatic rings. The first kappa shape index (κ1) is 17.4. The monoisotopic (exact) mass is 343 g/mol. The van der Waals surface area contributed by atoms with Crippen LogP contribution in [0.25, 0.3) is 0 Å². The van der Waals surface area contributed by atoms with Gasteiger partial charge in [0.1, 0.15) is 12.0 Å². The maximum absolute atomic E-state index is 12.3. The SMILES string of the molecule is C=CCOC(=O)C1=C(SC(C)(C)C)S[C@@H]2[C@@H]([C@@H](C)O)C(=O)N12. The van der Waals surface area contributed by atoms with Gasteiger partial charge in [0.05, 0.1) is 16.3 Å². The Balaban J connectivity index is 2.28. The minimum Gasteiger partial charge on any atom is -0.457 e. The van der Waals surface area contributed by atoms with Crippen molar-refractivity contribution >= 4 is 35.4 Å². The molecule has 2 aliphatic rings. The van der Waals surface area contributed by atoms with Gasteiger partial charge in [0.25, 0.3) is 0 Å². The predicted octanol–water partition coefficient (Wildman–Crippen LogP) is 2.33. The summed E-state index contributed by atoms with van der Waals surface area (Å²) in [4.78, 5) is 26.0. The van der Waals surface area contributed by atoms with Gasteiger partial charge in [-0.2, -0.15) is 0 Å². The van der Waals surface area contributed by atoms with E-state index in [2.05, 4.69) is 6.58 Å². The number of carbonyl (C=O) groups is 2. The molecule has 1 amide bonds. The number of β-lactam (4-membered cyclic amide) rings is 1. The third-order valence-corrected chi connectivity index (χ3v) is 5.87.